The molecular weight excluding hydrogens is 349 g/mol. The summed E-state index contributed by atoms with van der Waals surface area (Å²) in [5.74, 6) is 0.193. The minimum absolute atomic E-state index is 0.0366. The molecule has 0 heterocycles. The number of benzene rings is 2. The molecule has 1 N–H and O–H groups in total. The monoisotopic (exact) mass is 365 g/mol. The van der Waals surface area contributed by atoms with Gasteiger partial charge < -0.3 is 10.1 Å². The lowest BCUT2D eigenvalue weighted by molar-refractivity contribution is -0.123. The Bertz CT molecular complexity index is 644. The topological polar surface area (TPSA) is 38.3 Å². The first-order valence-corrected chi connectivity index (χ1v) is 7.74. The lowest BCUT2D eigenvalue weighted by Crippen LogP contribution is -2.30. The van der Waals surface area contributed by atoms with Crippen molar-refractivity contribution in [3.63, 3.8) is 0 Å². The van der Waals surface area contributed by atoms with Crippen LogP contribution in [0.25, 0.3) is 0 Å². The summed E-state index contributed by atoms with van der Waals surface area (Å²) in [6.07, 6.45) is 0.653. The zero-order chi connectivity index (χ0) is 15.9. The summed E-state index contributed by atoms with van der Waals surface area (Å²) in [4.78, 5) is 11.7. The van der Waals surface area contributed by atoms with E-state index >= 15 is 0 Å². The number of nitrogens with one attached hydrogen (secondary N) is 1. The van der Waals surface area contributed by atoms with Gasteiger partial charge in [0.1, 0.15) is 11.6 Å². The van der Waals surface area contributed by atoms with Crippen LogP contribution in [0, 0.1) is 12.7 Å². The lowest BCUT2D eigenvalue weighted by atomic mass is 10.1. The maximum absolute atomic E-state index is 12.8. The van der Waals surface area contributed by atoms with Crippen molar-refractivity contribution in [1.82, 2.24) is 5.32 Å². The van der Waals surface area contributed by atoms with Crippen LogP contribution >= 0.6 is 15.9 Å². The van der Waals surface area contributed by atoms with E-state index in [2.05, 4.69) is 21.2 Å². The highest BCUT2D eigenvalue weighted by molar-refractivity contribution is 9.10. The second-order valence-corrected chi connectivity index (χ2v) is 5.80. The number of aryl methyl sites for hydroxylation is 1. The van der Waals surface area contributed by atoms with Gasteiger partial charge >= 0.3 is 0 Å². The van der Waals surface area contributed by atoms with Gasteiger partial charge in [0.15, 0.2) is 6.61 Å². The van der Waals surface area contributed by atoms with E-state index in [4.69, 9.17) is 4.74 Å². The van der Waals surface area contributed by atoms with E-state index in [9.17, 15) is 9.18 Å². The van der Waals surface area contributed by atoms with Crippen molar-refractivity contribution >= 4 is 21.8 Å². The highest BCUT2D eigenvalue weighted by Crippen LogP contribution is 2.25. The Morgan fingerprint density at radius 1 is 1.23 bits per heavy atom. The second-order valence-electron chi connectivity index (χ2n) is 4.95. The third-order valence-corrected chi connectivity index (χ3v) is 3.71. The number of hydrogen-bond acceptors (Lipinski definition) is 2. The van der Waals surface area contributed by atoms with Crippen molar-refractivity contribution in [1.29, 1.82) is 0 Å². The molecule has 0 aromatic heterocycles. The molecule has 1 amide bonds. The summed E-state index contributed by atoms with van der Waals surface area (Å²) >= 11 is 3.40. The molecule has 0 aliphatic rings. The molecule has 0 saturated carbocycles. The van der Waals surface area contributed by atoms with Crippen LogP contribution in [0.15, 0.2) is 46.9 Å². The van der Waals surface area contributed by atoms with Gasteiger partial charge in [-0.15, -0.1) is 0 Å². The number of carbonyl (C=O) groups is 1. The number of amides is 1. The molecule has 116 valence electrons. The minimum Gasteiger partial charge on any atom is -0.483 e. The van der Waals surface area contributed by atoms with Crippen molar-refractivity contribution in [3.8, 4) is 5.75 Å². The van der Waals surface area contributed by atoms with Crippen LogP contribution in [-0.4, -0.2) is 19.1 Å². The van der Waals surface area contributed by atoms with Crippen LogP contribution in [0.2, 0.25) is 0 Å². The Labute approximate surface area is 137 Å². The van der Waals surface area contributed by atoms with Crippen molar-refractivity contribution in [2.24, 2.45) is 0 Å². The predicted molar refractivity (Wildman–Crippen MR) is 87.5 cm³/mol. The first-order chi connectivity index (χ1) is 10.5. The summed E-state index contributed by atoms with van der Waals surface area (Å²) < 4.78 is 19.1. The largest absolute Gasteiger partial charge is 0.483 e. The Morgan fingerprint density at radius 2 is 1.95 bits per heavy atom. The van der Waals surface area contributed by atoms with Gasteiger partial charge in [-0.2, -0.15) is 0 Å². The summed E-state index contributed by atoms with van der Waals surface area (Å²) in [6, 6.07) is 11.9. The van der Waals surface area contributed by atoms with Crippen molar-refractivity contribution in [2.45, 2.75) is 13.3 Å². The number of hydrogen-bond donors (Lipinski definition) is 1. The number of halogens is 2. The van der Waals surface area contributed by atoms with Gasteiger partial charge in [0.25, 0.3) is 5.91 Å². The molecule has 3 nitrogen and oxygen atoms in total. The van der Waals surface area contributed by atoms with Crippen LogP contribution in [0.5, 0.6) is 5.75 Å². The zero-order valence-electron chi connectivity index (χ0n) is 12.2. The molecular formula is C17H17BrFNO2. The highest BCUT2D eigenvalue weighted by atomic mass is 79.9. The third-order valence-electron chi connectivity index (χ3n) is 3.10. The van der Waals surface area contributed by atoms with Crippen molar-refractivity contribution in [3.05, 3.63) is 63.9 Å². The van der Waals surface area contributed by atoms with Crippen LogP contribution in [0.3, 0.4) is 0 Å². The number of carbonyl (C=O) groups excluding carboxylic acids is 1. The Morgan fingerprint density at radius 3 is 2.64 bits per heavy atom. The molecule has 5 heteroatoms. The maximum atomic E-state index is 12.8. The molecule has 0 saturated heterocycles. The van der Waals surface area contributed by atoms with Gasteiger partial charge in [0, 0.05) is 6.54 Å². The van der Waals surface area contributed by atoms with Crippen LogP contribution < -0.4 is 10.1 Å². The molecule has 2 aromatic rings. The normalized spacial score (nSPS) is 10.3. The molecule has 0 spiro atoms. The minimum atomic E-state index is -0.259. The molecule has 2 rings (SSSR count). The van der Waals surface area contributed by atoms with E-state index < -0.39 is 0 Å². The van der Waals surface area contributed by atoms with E-state index in [1.54, 1.807) is 12.1 Å². The Kier molecular flexibility index (Phi) is 5.95. The predicted octanol–water partition coefficient (Wildman–Crippen LogP) is 3.63. The van der Waals surface area contributed by atoms with Crippen LogP contribution in [-0.2, 0) is 11.2 Å². The fraction of sp³-hybridized carbons (Fsp3) is 0.235. The van der Waals surface area contributed by atoms with Gasteiger partial charge in [-0.05, 0) is 64.7 Å². The van der Waals surface area contributed by atoms with E-state index in [1.165, 1.54) is 12.1 Å². The molecule has 0 aliphatic heterocycles. The molecule has 0 bridgehead atoms. The van der Waals surface area contributed by atoms with Crippen LogP contribution in [0.4, 0.5) is 4.39 Å². The fourth-order valence-corrected chi connectivity index (χ4v) is 2.52. The SMILES string of the molecule is Cc1ccc(OCC(=O)NCCc2ccc(F)cc2)c(Br)c1. The average Bonchev–Trinajstić information content (AvgIpc) is 2.48. The second kappa shape index (κ2) is 7.94. The highest BCUT2D eigenvalue weighted by Gasteiger charge is 2.05. The van der Waals surface area contributed by atoms with Gasteiger partial charge in [-0.25, -0.2) is 4.39 Å². The quantitative estimate of drug-likeness (QED) is 0.848. The van der Waals surface area contributed by atoms with Gasteiger partial charge in [0.2, 0.25) is 0 Å². The molecule has 0 atom stereocenters. The van der Waals surface area contributed by atoms with E-state index in [0.717, 1.165) is 15.6 Å². The van der Waals surface area contributed by atoms with Crippen LogP contribution in [0.1, 0.15) is 11.1 Å². The third kappa shape index (κ3) is 5.15. The molecule has 0 aliphatic carbocycles. The van der Waals surface area contributed by atoms with E-state index in [1.807, 2.05) is 25.1 Å². The summed E-state index contributed by atoms with van der Waals surface area (Å²) in [6.45, 7) is 2.44. The molecule has 0 radical (unpaired) electrons. The molecule has 22 heavy (non-hydrogen) atoms. The van der Waals surface area contributed by atoms with Crippen molar-refractivity contribution in [2.75, 3.05) is 13.2 Å². The van der Waals surface area contributed by atoms with E-state index in [-0.39, 0.29) is 18.3 Å². The Hall–Kier alpha value is -1.88. The zero-order valence-corrected chi connectivity index (χ0v) is 13.8. The molecule has 0 fully saturated rings. The van der Waals surface area contributed by atoms with Crippen molar-refractivity contribution < 1.29 is 13.9 Å². The standard InChI is InChI=1S/C17H17BrFNO2/c1-12-2-7-16(15(18)10-12)22-11-17(21)20-9-8-13-3-5-14(19)6-4-13/h2-7,10H,8-9,11H2,1H3,(H,20,21). The number of ether oxygens (including phenoxy) is 1. The van der Waals surface area contributed by atoms with Gasteiger partial charge in [-0.3, -0.25) is 4.79 Å². The van der Waals surface area contributed by atoms with Gasteiger partial charge in [0.05, 0.1) is 4.47 Å². The summed E-state index contributed by atoms with van der Waals surface area (Å²) in [7, 11) is 0. The number of rotatable bonds is 6. The fourth-order valence-electron chi connectivity index (χ4n) is 1.91. The van der Waals surface area contributed by atoms with E-state index in [0.29, 0.717) is 18.7 Å². The Balaban J connectivity index is 1.72. The maximum Gasteiger partial charge on any atom is 0.257 e. The summed E-state index contributed by atoms with van der Waals surface area (Å²) in [5, 5.41) is 2.77. The van der Waals surface area contributed by atoms with Gasteiger partial charge in [-0.1, -0.05) is 18.2 Å². The average molecular weight is 366 g/mol. The molecule has 0 unspecified atom stereocenters. The first kappa shape index (κ1) is 16.5. The lowest BCUT2D eigenvalue weighted by Gasteiger charge is -2.09. The summed E-state index contributed by atoms with van der Waals surface area (Å²) in [5.41, 5.74) is 2.09. The smallest absolute Gasteiger partial charge is 0.257 e. The molecule has 2 aromatic carbocycles. The first-order valence-electron chi connectivity index (χ1n) is 6.94.